The average Bonchev–Trinajstić information content (AvgIpc) is 2.75. The van der Waals surface area contributed by atoms with Crippen molar-refractivity contribution < 1.29 is 4.79 Å². The number of fused-ring (bicyclic) bond motifs is 1. The van der Waals surface area contributed by atoms with Crippen molar-refractivity contribution in [2.24, 2.45) is 4.99 Å². The fourth-order valence-corrected chi connectivity index (χ4v) is 3.57. The number of aliphatic imine (C=N–C) groups is 1. The lowest BCUT2D eigenvalue weighted by atomic mass is 9.90. The Bertz CT molecular complexity index is 851. The molecule has 2 heterocycles. The number of halogens is 1. The van der Waals surface area contributed by atoms with Crippen LogP contribution in [-0.4, -0.2) is 43.5 Å². The molecule has 30 heavy (non-hydrogen) atoms. The SMILES string of the molecule is CCN(CC)c1ccc(CNC(=NC)NCC2CC(=O)Nc3ccccc32)cn1.I. The van der Waals surface area contributed by atoms with Gasteiger partial charge >= 0.3 is 0 Å². The highest BCUT2D eigenvalue weighted by molar-refractivity contribution is 14.0. The van der Waals surface area contributed by atoms with Gasteiger partial charge in [0.15, 0.2) is 5.96 Å². The third-order valence-electron chi connectivity index (χ3n) is 5.20. The number of carbonyl (C=O) groups excluding carboxylic acids is 1. The molecule has 162 valence electrons. The number of nitrogens with one attached hydrogen (secondary N) is 3. The summed E-state index contributed by atoms with van der Waals surface area (Å²) in [5, 5.41) is 9.61. The first-order valence-corrected chi connectivity index (χ1v) is 10.2. The second-order valence-corrected chi connectivity index (χ2v) is 7.04. The van der Waals surface area contributed by atoms with Gasteiger partial charge in [-0.2, -0.15) is 0 Å². The van der Waals surface area contributed by atoms with Crippen LogP contribution in [0, 0.1) is 0 Å². The number of benzene rings is 1. The highest BCUT2D eigenvalue weighted by Gasteiger charge is 2.24. The number of hydrogen-bond donors (Lipinski definition) is 3. The van der Waals surface area contributed by atoms with Crippen LogP contribution in [0.2, 0.25) is 0 Å². The molecule has 0 fully saturated rings. The van der Waals surface area contributed by atoms with Crippen molar-refractivity contribution in [2.75, 3.05) is 36.9 Å². The van der Waals surface area contributed by atoms with Crippen molar-refractivity contribution in [3.05, 3.63) is 53.7 Å². The monoisotopic (exact) mass is 522 g/mol. The molecule has 7 nitrogen and oxygen atoms in total. The minimum Gasteiger partial charge on any atom is -0.357 e. The first-order chi connectivity index (χ1) is 14.1. The number of carbonyl (C=O) groups is 1. The van der Waals surface area contributed by atoms with E-state index >= 15 is 0 Å². The Morgan fingerprint density at radius 1 is 1.20 bits per heavy atom. The largest absolute Gasteiger partial charge is 0.357 e. The van der Waals surface area contributed by atoms with Crippen molar-refractivity contribution >= 4 is 47.3 Å². The molecule has 1 amide bonds. The molecule has 0 saturated carbocycles. The van der Waals surface area contributed by atoms with Gasteiger partial charge < -0.3 is 20.9 Å². The molecule has 0 spiro atoms. The molecule has 8 heteroatoms. The zero-order valence-electron chi connectivity index (χ0n) is 17.8. The molecule has 1 atom stereocenters. The van der Waals surface area contributed by atoms with Crippen LogP contribution in [0.1, 0.15) is 37.3 Å². The van der Waals surface area contributed by atoms with E-state index in [0.717, 1.165) is 35.7 Å². The zero-order chi connectivity index (χ0) is 20.6. The van der Waals surface area contributed by atoms with E-state index in [1.54, 1.807) is 7.05 Å². The Hall–Kier alpha value is -2.36. The third kappa shape index (κ3) is 6.07. The highest BCUT2D eigenvalue weighted by atomic mass is 127. The van der Waals surface area contributed by atoms with Gasteiger partial charge in [-0.05, 0) is 37.1 Å². The molecule has 0 bridgehead atoms. The van der Waals surface area contributed by atoms with E-state index in [0.29, 0.717) is 25.5 Å². The predicted molar refractivity (Wildman–Crippen MR) is 134 cm³/mol. The fraction of sp³-hybridized carbons (Fsp3) is 0.409. The molecule has 0 saturated heterocycles. The molecule has 0 aliphatic carbocycles. The third-order valence-corrected chi connectivity index (χ3v) is 5.20. The van der Waals surface area contributed by atoms with E-state index < -0.39 is 0 Å². The summed E-state index contributed by atoms with van der Waals surface area (Å²) < 4.78 is 0. The van der Waals surface area contributed by atoms with Gasteiger partial charge in [-0.25, -0.2) is 4.98 Å². The summed E-state index contributed by atoms with van der Waals surface area (Å²) >= 11 is 0. The maximum Gasteiger partial charge on any atom is 0.225 e. The summed E-state index contributed by atoms with van der Waals surface area (Å²) in [4.78, 5) is 23.1. The van der Waals surface area contributed by atoms with Crippen LogP contribution in [0.15, 0.2) is 47.6 Å². The minimum absolute atomic E-state index is 0. The van der Waals surface area contributed by atoms with Crippen LogP contribution in [-0.2, 0) is 11.3 Å². The Morgan fingerprint density at radius 2 is 1.97 bits per heavy atom. The summed E-state index contributed by atoms with van der Waals surface area (Å²) in [7, 11) is 1.75. The van der Waals surface area contributed by atoms with Crippen molar-refractivity contribution in [3.63, 3.8) is 0 Å². The van der Waals surface area contributed by atoms with Crippen LogP contribution in [0.5, 0.6) is 0 Å². The summed E-state index contributed by atoms with van der Waals surface area (Å²) in [6, 6.07) is 12.1. The molecule has 3 N–H and O–H groups in total. The molecule has 0 radical (unpaired) electrons. The molecular formula is C22H31IN6O. The van der Waals surface area contributed by atoms with Crippen LogP contribution in [0.25, 0.3) is 0 Å². The quantitative estimate of drug-likeness (QED) is 0.295. The molecular weight excluding hydrogens is 491 g/mol. The van der Waals surface area contributed by atoms with Crippen LogP contribution < -0.4 is 20.9 Å². The number of nitrogens with zero attached hydrogens (tertiary/aromatic N) is 3. The molecule has 1 aromatic heterocycles. The van der Waals surface area contributed by atoms with Crippen molar-refractivity contribution in [3.8, 4) is 0 Å². The van der Waals surface area contributed by atoms with Crippen molar-refractivity contribution in [1.29, 1.82) is 0 Å². The Labute approximate surface area is 195 Å². The summed E-state index contributed by atoms with van der Waals surface area (Å²) in [5.41, 5.74) is 3.15. The molecule has 1 unspecified atom stereocenters. The standard InChI is InChI=1S/C22H30N6O.HI/c1-4-28(5-2)20-11-10-16(13-24-20)14-25-22(23-3)26-15-17-12-21(29)27-19-9-7-6-8-18(17)19;/h6-11,13,17H,4-5,12,14-15H2,1-3H3,(H,27,29)(H2,23,25,26);1H. The predicted octanol–water partition coefficient (Wildman–Crippen LogP) is 3.34. The first-order valence-electron chi connectivity index (χ1n) is 10.2. The number of amides is 1. The molecule has 3 rings (SSSR count). The van der Waals surface area contributed by atoms with E-state index in [2.05, 4.69) is 62.9 Å². The van der Waals surface area contributed by atoms with Gasteiger partial charge in [0, 0.05) is 57.4 Å². The normalized spacial score (nSPS) is 15.5. The van der Waals surface area contributed by atoms with Gasteiger partial charge in [-0.3, -0.25) is 9.79 Å². The fourth-order valence-electron chi connectivity index (χ4n) is 3.57. The minimum atomic E-state index is 0. The Morgan fingerprint density at radius 3 is 2.63 bits per heavy atom. The van der Waals surface area contributed by atoms with Crippen molar-refractivity contribution in [1.82, 2.24) is 15.6 Å². The smallest absolute Gasteiger partial charge is 0.225 e. The maximum absolute atomic E-state index is 12.0. The van der Waals surface area contributed by atoms with Gasteiger partial charge in [-0.15, -0.1) is 24.0 Å². The maximum atomic E-state index is 12.0. The lowest BCUT2D eigenvalue weighted by Crippen LogP contribution is -2.40. The topological polar surface area (TPSA) is 81.6 Å². The number of pyridine rings is 1. The number of rotatable bonds is 7. The van der Waals surface area contributed by atoms with E-state index in [1.807, 2.05) is 24.4 Å². The van der Waals surface area contributed by atoms with E-state index in [4.69, 9.17) is 0 Å². The number of para-hydroxylation sites is 1. The average molecular weight is 522 g/mol. The summed E-state index contributed by atoms with van der Waals surface area (Å²) in [6.45, 7) is 7.42. The second-order valence-electron chi connectivity index (χ2n) is 7.04. The van der Waals surface area contributed by atoms with Crippen LogP contribution in [0.4, 0.5) is 11.5 Å². The lowest BCUT2D eigenvalue weighted by molar-refractivity contribution is -0.116. The highest BCUT2D eigenvalue weighted by Crippen LogP contribution is 2.31. The van der Waals surface area contributed by atoms with E-state index in [1.165, 1.54) is 0 Å². The van der Waals surface area contributed by atoms with Gasteiger partial charge in [0.2, 0.25) is 5.91 Å². The summed E-state index contributed by atoms with van der Waals surface area (Å²) in [5.74, 6) is 1.88. The second kappa shape index (κ2) is 11.7. The van der Waals surface area contributed by atoms with Crippen LogP contribution in [0.3, 0.4) is 0 Å². The van der Waals surface area contributed by atoms with E-state index in [-0.39, 0.29) is 35.8 Å². The number of anilines is 2. The molecule has 1 aliphatic heterocycles. The van der Waals surface area contributed by atoms with Crippen LogP contribution >= 0.6 is 24.0 Å². The Balaban J connectivity index is 0.00000320. The first kappa shape index (κ1) is 23.9. The lowest BCUT2D eigenvalue weighted by Gasteiger charge is -2.26. The van der Waals surface area contributed by atoms with E-state index in [9.17, 15) is 4.79 Å². The molecule has 1 aliphatic rings. The zero-order valence-corrected chi connectivity index (χ0v) is 20.1. The number of hydrogen-bond acceptors (Lipinski definition) is 4. The number of guanidine groups is 1. The van der Waals surface area contributed by atoms with Gasteiger partial charge in [0.1, 0.15) is 5.82 Å². The van der Waals surface area contributed by atoms with Gasteiger partial charge in [0.25, 0.3) is 0 Å². The Kier molecular flexibility index (Phi) is 9.35. The molecule has 2 aromatic rings. The van der Waals surface area contributed by atoms with Gasteiger partial charge in [-0.1, -0.05) is 24.3 Å². The number of aromatic nitrogens is 1. The van der Waals surface area contributed by atoms with Crippen molar-refractivity contribution in [2.45, 2.75) is 32.7 Å². The van der Waals surface area contributed by atoms with Gasteiger partial charge in [0.05, 0.1) is 0 Å². The molecule has 1 aromatic carbocycles. The summed E-state index contributed by atoms with van der Waals surface area (Å²) in [6.07, 6.45) is 2.37.